The first-order chi connectivity index (χ1) is 10.1. The van der Waals surface area contributed by atoms with Crippen molar-refractivity contribution in [3.8, 4) is 0 Å². The summed E-state index contributed by atoms with van der Waals surface area (Å²) in [6.07, 6.45) is 22.9. The summed E-state index contributed by atoms with van der Waals surface area (Å²) in [4.78, 5) is 0. The van der Waals surface area contributed by atoms with Gasteiger partial charge in [-0.25, -0.2) is 0 Å². The average Bonchev–Trinajstić information content (AvgIpc) is 2.42. The molecule has 0 saturated heterocycles. The molecule has 0 aliphatic heterocycles. The maximum absolute atomic E-state index is 4.58. The molecule has 0 aromatic carbocycles. The average molecular weight is 315 g/mol. The van der Waals surface area contributed by atoms with Gasteiger partial charge in [-0.3, -0.25) is 0 Å². The van der Waals surface area contributed by atoms with Gasteiger partial charge in [0.15, 0.2) is 0 Å². The summed E-state index contributed by atoms with van der Waals surface area (Å²) in [7, 11) is 0. The van der Waals surface area contributed by atoms with E-state index in [9.17, 15) is 0 Å². The lowest BCUT2D eigenvalue weighted by Crippen LogP contribution is -2.09. The highest BCUT2D eigenvalue weighted by Crippen LogP contribution is 2.21. The SMILES string of the molecule is CCCCCCCCCCCCCCCCCC(C)(C)S. The first kappa shape index (κ1) is 21.4. The molecule has 0 radical (unpaired) electrons. The van der Waals surface area contributed by atoms with Gasteiger partial charge in [0, 0.05) is 4.75 Å². The van der Waals surface area contributed by atoms with Crippen LogP contribution in [0.2, 0.25) is 0 Å². The van der Waals surface area contributed by atoms with E-state index in [1.54, 1.807) is 0 Å². The smallest absolute Gasteiger partial charge is 0.00731 e. The van der Waals surface area contributed by atoms with E-state index in [1.165, 1.54) is 103 Å². The highest BCUT2D eigenvalue weighted by molar-refractivity contribution is 7.81. The fraction of sp³-hybridized carbons (Fsp3) is 1.00. The Morgan fingerprint density at radius 1 is 0.524 bits per heavy atom. The third-order valence-corrected chi connectivity index (χ3v) is 4.62. The summed E-state index contributed by atoms with van der Waals surface area (Å²) in [5, 5.41) is 0. The number of hydrogen-bond acceptors (Lipinski definition) is 1. The van der Waals surface area contributed by atoms with Crippen molar-refractivity contribution in [3.05, 3.63) is 0 Å². The second-order valence-electron chi connectivity index (χ2n) is 7.51. The van der Waals surface area contributed by atoms with E-state index in [2.05, 4.69) is 33.4 Å². The number of unbranched alkanes of at least 4 members (excludes halogenated alkanes) is 14. The fourth-order valence-corrected chi connectivity index (χ4v) is 3.09. The van der Waals surface area contributed by atoms with Gasteiger partial charge in [0.1, 0.15) is 0 Å². The maximum atomic E-state index is 4.58. The van der Waals surface area contributed by atoms with Crippen molar-refractivity contribution in [2.75, 3.05) is 0 Å². The summed E-state index contributed by atoms with van der Waals surface area (Å²) in [5.74, 6) is 0. The van der Waals surface area contributed by atoms with Crippen molar-refractivity contribution in [2.24, 2.45) is 0 Å². The van der Waals surface area contributed by atoms with Crippen LogP contribution in [0.5, 0.6) is 0 Å². The quantitative estimate of drug-likeness (QED) is 0.217. The molecule has 0 saturated carbocycles. The van der Waals surface area contributed by atoms with Gasteiger partial charge in [-0.2, -0.15) is 12.6 Å². The molecule has 0 aromatic heterocycles. The van der Waals surface area contributed by atoms with Crippen molar-refractivity contribution in [2.45, 2.75) is 128 Å². The van der Waals surface area contributed by atoms with Gasteiger partial charge in [0.2, 0.25) is 0 Å². The molecule has 0 aliphatic rings. The van der Waals surface area contributed by atoms with Gasteiger partial charge in [0.05, 0.1) is 0 Å². The number of rotatable bonds is 16. The second kappa shape index (κ2) is 15.3. The van der Waals surface area contributed by atoms with Crippen LogP contribution in [-0.4, -0.2) is 4.75 Å². The van der Waals surface area contributed by atoms with E-state index in [0.717, 1.165) is 0 Å². The monoisotopic (exact) mass is 314 g/mol. The minimum absolute atomic E-state index is 0.233. The van der Waals surface area contributed by atoms with Crippen LogP contribution in [0.3, 0.4) is 0 Å². The minimum Gasteiger partial charge on any atom is -0.173 e. The zero-order valence-electron chi connectivity index (χ0n) is 15.3. The highest BCUT2D eigenvalue weighted by Gasteiger charge is 2.09. The molecule has 1 heteroatoms. The third kappa shape index (κ3) is 20.4. The Kier molecular flexibility index (Phi) is 15.5. The van der Waals surface area contributed by atoms with Gasteiger partial charge < -0.3 is 0 Å². The summed E-state index contributed by atoms with van der Waals surface area (Å²) >= 11 is 4.58. The normalized spacial score (nSPS) is 12.0. The Morgan fingerprint density at radius 3 is 1.10 bits per heavy atom. The van der Waals surface area contributed by atoms with E-state index in [4.69, 9.17) is 0 Å². The lowest BCUT2D eigenvalue weighted by molar-refractivity contribution is 0.518. The van der Waals surface area contributed by atoms with Crippen molar-refractivity contribution < 1.29 is 0 Å². The maximum Gasteiger partial charge on any atom is 0.00731 e. The molecule has 128 valence electrons. The standard InChI is InChI=1S/C20H42S/c1-4-5-6-7-8-9-10-11-12-13-14-15-16-17-18-19-20(2,3)21/h21H,4-19H2,1-3H3. The van der Waals surface area contributed by atoms with E-state index in [1.807, 2.05) is 0 Å². The Bertz CT molecular complexity index is 193. The topological polar surface area (TPSA) is 0 Å². The Morgan fingerprint density at radius 2 is 0.810 bits per heavy atom. The van der Waals surface area contributed by atoms with Crippen LogP contribution < -0.4 is 0 Å². The van der Waals surface area contributed by atoms with Crippen molar-refractivity contribution in [1.82, 2.24) is 0 Å². The zero-order chi connectivity index (χ0) is 15.8. The van der Waals surface area contributed by atoms with E-state index >= 15 is 0 Å². The van der Waals surface area contributed by atoms with E-state index in [0.29, 0.717) is 0 Å². The van der Waals surface area contributed by atoms with Gasteiger partial charge in [-0.05, 0) is 6.42 Å². The first-order valence-corrected chi connectivity index (χ1v) is 10.2. The molecule has 0 atom stereocenters. The molecule has 0 aromatic rings. The van der Waals surface area contributed by atoms with Crippen LogP contribution in [0, 0.1) is 0 Å². The summed E-state index contributed by atoms with van der Waals surface area (Å²) in [6, 6.07) is 0. The molecule has 0 spiro atoms. The van der Waals surface area contributed by atoms with Crippen LogP contribution >= 0.6 is 12.6 Å². The summed E-state index contributed by atoms with van der Waals surface area (Å²) in [5.41, 5.74) is 0. The predicted octanol–water partition coefficient (Wildman–Crippen LogP) is 7.96. The van der Waals surface area contributed by atoms with Crippen LogP contribution in [-0.2, 0) is 0 Å². The summed E-state index contributed by atoms with van der Waals surface area (Å²) < 4.78 is 0.233. The van der Waals surface area contributed by atoms with E-state index in [-0.39, 0.29) is 4.75 Å². The molecular formula is C20H42S. The fourth-order valence-electron chi connectivity index (χ4n) is 2.93. The Hall–Kier alpha value is 0.350. The van der Waals surface area contributed by atoms with Crippen LogP contribution in [0.25, 0.3) is 0 Å². The first-order valence-electron chi connectivity index (χ1n) is 9.78. The van der Waals surface area contributed by atoms with Crippen molar-refractivity contribution in [3.63, 3.8) is 0 Å². The molecule has 0 rings (SSSR count). The lowest BCUT2D eigenvalue weighted by atomic mass is 10.0. The zero-order valence-corrected chi connectivity index (χ0v) is 16.2. The predicted molar refractivity (Wildman–Crippen MR) is 103 cm³/mol. The molecular weight excluding hydrogens is 272 g/mol. The molecule has 0 N–H and O–H groups in total. The molecule has 0 heterocycles. The molecule has 0 bridgehead atoms. The Labute approximate surface area is 141 Å². The van der Waals surface area contributed by atoms with Gasteiger partial charge in [0.25, 0.3) is 0 Å². The van der Waals surface area contributed by atoms with Crippen molar-refractivity contribution in [1.29, 1.82) is 0 Å². The molecule has 0 aliphatic carbocycles. The van der Waals surface area contributed by atoms with Gasteiger partial charge in [-0.15, -0.1) is 0 Å². The second-order valence-corrected chi connectivity index (χ2v) is 8.72. The van der Waals surface area contributed by atoms with Crippen LogP contribution in [0.1, 0.15) is 124 Å². The molecule has 21 heavy (non-hydrogen) atoms. The minimum atomic E-state index is 0.233. The molecule has 0 fully saturated rings. The summed E-state index contributed by atoms with van der Waals surface area (Å²) in [6.45, 7) is 6.74. The van der Waals surface area contributed by atoms with Crippen LogP contribution in [0.4, 0.5) is 0 Å². The number of hydrogen-bond donors (Lipinski definition) is 1. The molecule has 0 nitrogen and oxygen atoms in total. The lowest BCUT2D eigenvalue weighted by Gasteiger charge is -2.16. The largest absolute Gasteiger partial charge is 0.173 e. The highest BCUT2D eigenvalue weighted by atomic mass is 32.1. The number of thiol groups is 1. The molecule has 0 amide bonds. The van der Waals surface area contributed by atoms with Gasteiger partial charge in [-0.1, -0.05) is 117 Å². The van der Waals surface area contributed by atoms with Crippen molar-refractivity contribution >= 4 is 12.6 Å². The Balaban J connectivity index is 3.00. The third-order valence-electron chi connectivity index (χ3n) is 4.39. The van der Waals surface area contributed by atoms with Gasteiger partial charge >= 0.3 is 0 Å². The molecule has 0 unspecified atom stereocenters. The van der Waals surface area contributed by atoms with Crippen LogP contribution in [0.15, 0.2) is 0 Å². The van der Waals surface area contributed by atoms with E-state index < -0.39 is 0 Å².